The summed E-state index contributed by atoms with van der Waals surface area (Å²) in [6.45, 7) is 1.90. The minimum atomic E-state index is -0.221. The zero-order valence-electron chi connectivity index (χ0n) is 16.8. The van der Waals surface area contributed by atoms with Crippen LogP contribution in [0.1, 0.15) is 47.1 Å². The number of fused-ring (bicyclic) bond motifs is 1. The van der Waals surface area contributed by atoms with Crippen molar-refractivity contribution in [2.45, 2.75) is 31.6 Å². The number of Topliss-reactive ketones (excluding diaryl/α,β-unsaturated/α-hetero) is 1. The van der Waals surface area contributed by atoms with Gasteiger partial charge in [0, 0.05) is 23.6 Å². The highest BCUT2D eigenvalue weighted by Crippen LogP contribution is 2.49. The number of nitrogens with zero attached hydrogens (tertiary/aromatic N) is 1. The largest absolute Gasteiger partial charge is 0.508 e. The lowest BCUT2D eigenvalue weighted by Crippen LogP contribution is -2.29. The number of carbonyl (C=O) groups excluding carboxylic acids is 1. The van der Waals surface area contributed by atoms with E-state index in [2.05, 4.69) is 10.5 Å². The maximum Gasteiger partial charge on any atom is 0.233 e. The van der Waals surface area contributed by atoms with Crippen LogP contribution in [0.5, 0.6) is 11.5 Å². The van der Waals surface area contributed by atoms with Crippen molar-refractivity contribution in [3.63, 3.8) is 0 Å². The zero-order valence-corrected chi connectivity index (χ0v) is 16.8. The van der Waals surface area contributed by atoms with E-state index in [4.69, 9.17) is 9.26 Å². The number of benzene rings is 2. The Hall–Kier alpha value is -3.54. The minimum absolute atomic E-state index is 0.0476. The molecule has 0 amide bonds. The van der Waals surface area contributed by atoms with Crippen LogP contribution in [0, 0.1) is 6.92 Å². The average molecular weight is 402 g/mol. The Morgan fingerprint density at radius 2 is 1.77 bits per heavy atom. The van der Waals surface area contributed by atoms with Gasteiger partial charge in [-0.3, -0.25) is 4.79 Å². The minimum Gasteiger partial charge on any atom is -0.508 e. The lowest BCUT2D eigenvalue weighted by atomic mass is 9.72. The quantitative estimate of drug-likeness (QED) is 0.663. The number of aromatic hydroxyl groups is 1. The fraction of sp³-hybridized carbons (Fsp3) is 0.250. The lowest BCUT2D eigenvalue weighted by Gasteiger charge is -2.34. The number of hydrogen-bond donors (Lipinski definition) is 2. The first-order valence-electron chi connectivity index (χ1n) is 9.97. The van der Waals surface area contributed by atoms with E-state index in [1.54, 1.807) is 19.2 Å². The molecular weight excluding hydrogens is 380 g/mol. The van der Waals surface area contributed by atoms with E-state index in [0.717, 1.165) is 39.4 Å². The molecular formula is C24H22N2O4. The Bertz CT molecular complexity index is 1140. The molecule has 1 aliphatic carbocycles. The molecule has 0 spiro atoms. The highest BCUT2D eigenvalue weighted by molar-refractivity contribution is 6.01. The molecule has 2 aliphatic rings. The summed E-state index contributed by atoms with van der Waals surface area (Å²) in [6, 6.07) is 14.9. The van der Waals surface area contributed by atoms with Crippen molar-refractivity contribution in [1.29, 1.82) is 0 Å². The first kappa shape index (κ1) is 18.5. The third-order valence-electron chi connectivity index (χ3n) is 6.07. The lowest BCUT2D eigenvalue weighted by molar-refractivity contribution is -0.116. The van der Waals surface area contributed by atoms with E-state index in [0.29, 0.717) is 18.7 Å². The van der Waals surface area contributed by atoms with Crippen LogP contribution in [-0.2, 0) is 4.79 Å². The molecule has 0 saturated carbocycles. The number of hydrogen-bond acceptors (Lipinski definition) is 6. The van der Waals surface area contributed by atoms with Gasteiger partial charge >= 0.3 is 0 Å². The van der Waals surface area contributed by atoms with E-state index in [-0.39, 0.29) is 23.4 Å². The van der Waals surface area contributed by atoms with Crippen LogP contribution >= 0.6 is 0 Å². The first-order chi connectivity index (χ1) is 14.5. The number of aryl methyl sites for hydroxylation is 1. The molecule has 0 saturated heterocycles. The highest BCUT2D eigenvalue weighted by atomic mass is 16.5. The molecule has 5 rings (SSSR count). The van der Waals surface area contributed by atoms with Gasteiger partial charge in [0.05, 0.1) is 18.4 Å². The Morgan fingerprint density at radius 3 is 2.47 bits per heavy atom. The van der Waals surface area contributed by atoms with Crippen molar-refractivity contribution in [1.82, 2.24) is 5.16 Å². The Morgan fingerprint density at radius 1 is 1.07 bits per heavy atom. The monoisotopic (exact) mass is 402 g/mol. The fourth-order valence-electron chi connectivity index (χ4n) is 4.58. The maximum absolute atomic E-state index is 13.4. The predicted octanol–water partition coefficient (Wildman–Crippen LogP) is 4.66. The summed E-state index contributed by atoms with van der Waals surface area (Å²) < 4.78 is 10.9. The first-order valence-corrected chi connectivity index (χ1v) is 9.97. The summed E-state index contributed by atoms with van der Waals surface area (Å²) in [5, 5.41) is 17.1. The van der Waals surface area contributed by atoms with Crippen molar-refractivity contribution >= 4 is 11.7 Å². The van der Waals surface area contributed by atoms with Gasteiger partial charge in [-0.15, -0.1) is 0 Å². The standard InChI is InChI=1S/C24H22N2O4/c1-13-21-22(15-5-9-18(29-2)10-6-15)23-19(25-24(21)30-26-13)11-16(12-20(23)28)14-3-7-17(27)8-4-14/h3-10,16,22,25,27H,11-12H2,1-2H3/t16-,22-/m0/s1. The third-order valence-corrected chi connectivity index (χ3v) is 6.07. The second kappa shape index (κ2) is 7.06. The van der Waals surface area contributed by atoms with E-state index in [9.17, 15) is 9.90 Å². The van der Waals surface area contributed by atoms with Crippen LogP contribution in [-0.4, -0.2) is 23.2 Å². The van der Waals surface area contributed by atoms with Crippen molar-refractivity contribution in [3.8, 4) is 11.5 Å². The van der Waals surface area contributed by atoms with Gasteiger partial charge in [0.2, 0.25) is 5.88 Å². The van der Waals surface area contributed by atoms with Crippen LogP contribution < -0.4 is 10.1 Å². The van der Waals surface area contributed by atoms with Crippen LogP contribution in [0.3, 0.4) is 0 Å². The number of phenols is 1. The molecule has 3 aromatic rings. The topological polar surface area (TPSA) is 84.6 Å². The molecule has 0 radical (unpaired) electrons. The summed E-state index contributed by atoms with van der Waals surface area (Å²) in [5.41, 5.74) is 5.40. The van der Waals surface area contributed by atoms with Crippen LogP contribution in [0.4, 0.5) is 5.88 Å². The molecule has 2 aromatic carbocycles. The molecule has 152 valence electrons. The number of ether oxygens (including phenoxy) is 1. The van der Waals surface area contributed by atoms with Gasteiger partial charge in [0.15, 0.2) is 5.78 Å². The molecule has 0 unspecified atom stereocenters. The fourth-order valence-corrected chi connectivity index (χ4v) is 4.58. The summed E-state index contributed by atoms with van der Waals surface area (Å²) in [6.07, 6.45) is 1.12. The molecule has 6 nitrogen and oxygen atoms in total. The zero-order chi connectivity index (χ0) is 20.8. The average Bonchev–Trinajstić information content (AvgIpc) is 3.13. The highest BCUT2D eigenvalue weighted by Gasteiger charge is 2.41. The molecule has 2 heterocycles. The number of allylic oxidation sites excluding steroid dienone is 2. The smallest absolute Gasteiger partial charge is 0.233 e. The van der Waals surface area contributed by atoms with Gasteiger partial charge in [0.25, 0.3) is 0 Å². The van der Waals surface area contributed by atoms with E-state index in [1.165, 1.54) is 0 Å². The molecule has 2 N–H and O–H groups in total. The van der Waals surface area contributed by atoms with E-state index in [1.807, 2.05) is 43.3 Å². The number of carbonyl (C=O) groups is 1. The normalized spacial score (nSPS) is 20.4. The third kappa shape index (κ3) is 2.96. The molecule has 6 heteroatoms. The molecule has 1 aliphatic heterocycles. The number of anilines is 1. The van der Waals surface area contributed by atoms with E-state index < -0.39 is 0 Å². The Kier molecular flexibility index (Phi) is 4.35. The molecule has 0 fully saturated rings. The second-order valence-electron chi connectivity index (χ2n) is 7.85. The summed E-state index contributed by atoms with van der Waals surface area (Å²) in [5.74, 6) is 1.54. The van der Waals surface area contributed by atoms with E-state index >= 15 is 0 Å². The Labute approximate surface area is 174 Å². The Balaban J connectivity index is 1.59. The second-order valence-corrected chi connectivity index (χ2v) is 7.85. The van der Waals surface area contributed by atoms with Gasteiger partial charge < -0.3 is 19.7 Å². The van der Waals surface area contributed by atoms with Gasteiger partial charge in [-0.2, -0.15) is 0 Å². The van der Waals surface area contributed by atoms with Gasteiger partial charge in [-0.05, 0) is 54.7 Å². The number of methoxy groups -OCH3 is 1. The van der Waals surface area contributed by atoms with Crippen LogP contribution in [0.2, 0.25) is 0 Å². The van der Waals surface area contributed by atoms with Gasteiger partial charge in [-0.1, -0.05) is 29.4 Å². The number of ketones is 1. The molecule has 0 bridgehead atoms. The van der Waals surface area contributed by atoms with Crippen LogP contribution in [0.15, 0.2) is 64.3 Å². The van der Waals surface area contributed by atoms with Crippen molar-refractivity contribution < 1.29 is 19.2 Å². The molecule has 30 heavy (non-hydrogen) atoms. The molecule has 2 atom stereocenters. The SMILES string of the molecule is COc1ccc([C@@H]2C3=C(C[C@H](c4ccc(O)cc4)CC3=O)Nc3onc(C)c32)cc1. The number of phenolic OH excluding ortho intramolecular Hbond substituents is 1. The maximum atomic E-state index is 13.4. The predicted molar refractivity (Wildman–Crippen MR) is 112 cm³/mol. The van der Waals surface area contributed by atoms with Gasteiger partial charge in [0.1, 0.15) is 11.5 Å². The number of nitrogens with one attached hydrogen (secondary N) is 1. The summed E-state index contributed by atoms with van der Waals surface area (Å²) >= 11 is 0. The van der Waals surface area contributed by atoms with Crippen LogP contribution in [0.25, 0.3) is 0 Å². The van der Waals surface area contributed by atoms with Gasteiger partial charge in [-0.25, -0.2) is 0 Å². The molecule has 1 aromatic heterocycles. The van der Waals surface area contributed by atoms with Crippen molar-refractivity contribution in [3.05, 3.63) is 82.2 Å². The number of aromatic nitrogens is 1. The summed E-state index contributed by atoms with van der Waals surface area (Å²) in [4.78, 5) is 13.4. The van der Waals surface area contributed by atoms with Crippen molar-refractivity contribution in [2.24, 2.45) is 0 Å². The number of rotatable bonds is 3. The summed E-state index contributed by atoms with van der Waals surface area (Å²) in [7, 11) is 1.64. The van der Waals surface area contributed by atoms with Crippen molar-refractivity contribution in [2.75, 3.05) is 12.4 Å².